The van der Waals surface area contributed by atoms with Crippen LogP contribution in [0.2, 0.25) is 0 Å². The third kappa shape index (κ3) is 4.71. The predicted molar refractivity (Wildman–Crippen MR) is 59.7 cm³/mol. The van der Waals surface area contributed by atoms with E-state index < -0.39 is 0 Å². The lowest BCUT2D eigenvalue weighted by Gasteiger charge is -2.19. The predicted octanol–water partition coefficient (Wildman–Crippen LogP) is 0.203. The summed E-state index contributed by atoms with van der Waals surface area (Å²) in [7, 11) is 0. The minimum Gasteiger partial charge on any atom is -0.395 e. The number of nitrogens with one attached hydrogen (secondary N) is 1. The Hall–Kier alpha value is -1.20. The minimum absolute atomic E-state index is 0.207. The van der Waals surface area contributed by atoms with Crippen LogP contribution in [0.1, 0.15) is 6.92 Å². The third-order valence-electron chi connectivity index (χ3n) is 2.16. The Morgan fingerprint density at radius 2 is 2.27 bits per heavy atom. The molecule has 1 aromatic rings. The maximum Gasteiger partial charge on any atom is 0.144 e. The van der Waals surface area contributed by atoms with Crippen LogP contribution in [0, 0.1) is 0 Å². The Balaban J connectivity index is 2.20. The van der Waals surface area contributed by atoms with E-state index in [9.17, 15) is 0 Å². The first-order valence-electron chi connectivity index (χ1n) is 5.20. The molecule has 0 aliphatic heterocycles. The molecular weight excluding hydrogens is 192 g/mol. The molecule has 0 atom stereocenters. The molecule has 0 radical (unpaired) electrons. The second kappa shape index (κ2) is 7.14. The van der Waals surface area contributed by atoms with Crippen molar-refractivity contribution < 1.29 is 5.11 Å². The first-order valence-corrected chi connectivity index (χ1v) is 5.20. The number of aromatic nitrogens is 2. The maximum absolute atomic E-state index is 8.80. The number of nitrogens with zero attached hydrogens (tertiary/aromatic N) is 3. The highest BCUT2D eigenvalue weighted by Crippen LogP contribution is 1.96. The zero-order valence-corrected chi connectivity index (χ0v) is 9.06. The van der Waals surface area contributed by atoms with Crippen molar-refractivity contribution in [2.45, 2.75) is 6.92 Å². The molecule has 0 spiro atoms. The summed E-state index contributed by atoms with van der Waals surface area (Å²) in [5.74, 6) is 0.789. The molecule has 15 heavy (non-hydrogen) atoms. The fourth-order valence-electron chi connectivity index (χ4n) is 1.30. The number of aliphatic hydroxyl groups excluding tert-OH is 1. The lowest BCUT2D eigenvalue weighted by Crippen LogP contribution is -2.31. The van der Waals surface area contributed by atoms with Gasteiger partial charge in [-0.1, -0.05) is 6.92 Å². The van der Waals surface area contributed by atoms with Gasteiger partial charge in [-0.3, -0.25) is 9.88 Å². The van der Waals surface area contributed by atoms with Gasteiger partial charge in [0.1, 0.15) is 5.82 Å². The van der Waals surface area contributed by atoms with Crippen molar-refractivity contribution in [2.75, 3.05) is 38.1 Å². The van der Waals surface area contributed by atoms with Gasteiger partial charge in [-0.05, 0) is 6.54 Å². The first-order chi connectivity index (χ1) is 7.36. The number of aliphatic hydroxyl groups is 1. The second-order valence-electron chi connectivity index (χ2n) is 3.18. The molecule has 0 aliphatic rings. The number of anilines is 1. The summed E-state index contributed by atoms with van der Waals surface area (Å²) in [4.78, 5) is 10.2. The van der Waals surface area contributed by atoms with Gasteiger partial charge in [-0.25, -0.2) is 4.98 Å². The molecule has 0 bridgehead atoms. The van der Waals surface area contributed by atoms with Gasteiger partial charge < -0.3 is 10.4 Å². The van der Waals surface area contributed by atoms with Crippen molar-refractivity contribution in [2.24, 2.45) is 0 Å². The molecule has 0 amide bonds. The zero-order chi connectivity index (χ0) is 10.9. The molecule has 2 N–H and O–H groups in total. The van der Waals surface area contributed by atoms with Crippen LogP contribution in [-0.2, 0) is 0 Å². The van der Waals surface area contributed by atoms with E-state index in [4.69, 9.17) is 5.11 Å². The highest BCUT2D eigenvalue weighted by Gasteiger charge is 2.00. The van der Waals surface area contributed by atoms with Crippen LogP contribution in [0.15, 0.2) is 18.6 Å². The Morgan fingerprint density at radius 1 is 1.40 bits per heavy atom. The molecule has 84 valence electrons. The molecule has 0 aromatic carbocycles. The summed E-state index contributed by atoms with van der Waals surface area (Å²) >= 11 is 0. The smallest absolute Gasteiger partial charge is 0.144 e. The van der Waals surface area contributed by atoms with E-state index in [1.54, 1.807) is 18.6 Å². The highest BCUT2D eigenvalue weighted by atomic mass is 16.3. The Bertz CT molecular complexity index is 255. The van der Waals surface area contributed by atoms with Crippen LogP contribution < -0.4 is 5.32 Å². The maximum atomic E-state index is 8.80. The monoisotopic (exact) mass is 210 g/mol. The van der Waals surface area contributed by atoms with Gasteiger partial charge in [0.25, 0.3) is 0 Å². The third-order valence-corrected chi connectivity index (χ3v) is 2.16. The van der Waals surface area contributed by atoms with Crippen LogP contribution in [0.25, 0.3) is 0 Å². The molecule has 0 fully saturated rings. The van der Waals surface area contributed by atoms with Crippen LogP contribution in [0.5, 0.6) is 0 Å². The molecule has 0 saturated heterocycles. The first kappa shape index (κ1) is 11.9. The molecule has 5 heteroatoms. The largest absolute Gasteiger partial charge is 0.395 e. The Morgan fingerprint density at radius 3 is 2.87 bits per heavy atom. The van der Waals surface area contributed by atoms with Crippen molar-refractivity contribution in [1.29, 1.82) is 0 Å². The van der Waals surface area contributed by atoms with E-state index in [1.807, 2.05) is 0 Å². The van der Waals surface area contributed by atoms with Crippen molar-refractivity contribution in [3.63, 3.8) is 0 Å². The SMILES string of the molecule is CCN(CCO)CCNc1cnccn1. The van der Waals surface area contributed by atoms with Crippen LogP contribution in [0.4, 0.5) is 5.82 Å². The molecule has 0 aliphatic carbocycles. The fourth-order valence-corrected chi connectivity index (χ4v) is 1.30. The van der Waals surface area contributed by atoms with E-state index in [1.165, 1.54) is 0 Å². The molecule has 0 saturated carbocycles. The van der Waals surface area contributed by atoms with E-state index in [-0.39, 0.29) is 6.61 Å². The summed E-state index contributed by atoms with van der Waals surface area (Å²) in [5, 5.41) is 12.0. The number of likely N-dealkylation sites (N-methyl/N-ethyl adjacent to an activating group) is 1. The van der Waals surface area contributed by atoms with Gasteiger partial charge in [0.2, 0.25) is 0 Å². The topological polar surface area (TPSA) is 61.3 Å². The van der Waals surface area contributed by atoms with Crippen LogP contribution in [-0.4, -0.2) is 52.8 Å². The summed E-state index contributed by atoms with van der Waals surface area (Å²) in [6.45, 7) is 5.67. The van der Waals surface area contributed by atoms with Crippen molar-refractivity contribution in [3.05, 3.63) is 18.6 Å². The van der Waals surface area contributed by atoms with Crippen molar-refractivity contribution in [3.8, 4) is 0 Å². The van der Waals surface area contributed by atoms with Gasteiger partial charge in [0.15, 0.2) is 0 Å². The molecule has 5 nitrogen and oxygen atoms in total. The van der Waals surface area contributed by atoms with Gasteiger partial charge in [-0.15, -0.1) is 0 Å². The summed E-state index contributed by atoms with van der Waals surface area (Å²) in [6.07, 6.45) is 5.01. The van der Waals surface area contributed by atoms with E-state index in [0.717, 1.165) is 32.0 Å². The molecule has 1 rings (SSSR count). The highest BCUT2D eigenvalue weighted by molar-refractivity contribution is 5.29. The Labute approximate surface area is 90.2 Å². The average molecular weight is 210 g/mol. The number of hydrogen-bond donors (Lipinski definition) is 2. The van der Waals surface area contributed by atoms with Crippen LogP contribution in [0.3, 0.4) is 0 Å². The summed E-state index contributed by atoms with van der Waals surface area (Å²) < 4.78 is 0. The van der Waals surface area contributed by atoms with Crippen molar-refractivity contribution in [1.82, 2.24) is 14.9 Å². The normalized spacial score (nSPS) is 10.6. The van der Waals surface area contributed by atoms with E-state index in [2.05, 4.69) is 27.1 Å². The van der Waals surface area contributed by atoms with E-state index in [0.29, 0.717) is 0 Å². The molecular formula is C10H18N4O. The summed E-state index contributed by atoms with van der Waals surface area (Å²) in [5.41, 5.74) is 0. The van der Waals surface area contributed by atoms with Gasteiger partial charge in [-0.2, -0.15) is 0 Å². The number of rotatable bonds is 7. The van der Waals surface area contributed by atoms with Gasteiger partial charge in [0.05, 0.1) is 12.8 Å². The molecule has 1 heterocycles. The molecule has 0 unspecified atom stereocenters. The lowest BCUT2D eigenvalue weighted by atomic mass is 10.4. The van der Waals surface area contributed by atoms with E-state index >= 15 is 0 Å². The van der Waals surface area contributed by atoms with Gasteiger partial charge in [0, 0.05) is 32.0 Å². The average Bonchev–Trinajstić information content (AvgIpc) is 2.29. The van der Waals surface area contributed by atoms with Crippen molar-refractivity contribution >= 4 is 5.82 Å². The lowest BCUT2D eigenvalue weighted by molar-refractivity contribution is 0.206. The summed E-state index contributed by atoms with van der Waals surface area (Å²) in [6, 6.07) is 0. The minimum atomic E-state index is 0.207. The quantitative estimate of drug-likeness (QED) is 0.673. The Kier molecular flexibility index (Phi) is 5.65. The van der Waals surface area contributed by atoms with Gasteiger partial charge >= 0.3 is 0 Å². The zero-order valence-electron chi connectivity index (χ0n) is 9.06. The fraction of sp³-hybridized carbons (Fsp3) is 0.600. The second-order valence-corrected chi connectivity index (χ2v) is 3.18. The standard InChI is InChI=1S/C10H18N4O/c1-2-14(7-8-15)6-5-13-10-9-11-3-4-12-10/h3-4,9,15H,2,5-8H2,1H3,(H,12,13). The van der Waals surface area contributed by atoms with Crippen LogP contribution >= 0.6 is 0 Å². The number of hydrogen-bond acceptors (Lipinski definition) is 5. The molecule has 1 aromatic heterocycles.